The number of aryl methyl sites for hydroxylation is 1. The van der Waals surface area contributed by atoms with Crippen LogP contribution in [0.3, 0.4) is 0 Å². The number of hydrogen-bond donors (Lipinski definition) is 1. The first-order valence-corrected chi connectivity index (χ1v) is 6.40. The Labute approximate surface area is 115 Å². The fourth-order valence-electron chi connectivity index (χ4n) is 1.42. The largest absolute Gasteiger partial charge is 0.336 e. The molecular weight excluding hydrogens is 256 g/mol. The van der Waals surface area contributed by atoms with Crippen molar-refractivity contribution in [1.29, 1.82) is 10.5 Å². The minimum Gasteiger partial charge on any atom is -0.336 e. The molecule has 2 aromatic rings. The maximum atomic E-state index is 8.62. The number of nitriles is 2. The molecule has 1 aromatic heterocycles. The SMILES string of the molecule is Cc1ccc(-c2csc(NC=C(C#N)C#N)n2)cc1. The molecule has 1 aromatic carbocycles. The van der Waals surface area contributed by atoms with Crippen LogP contribution in [0.2, 0.25) is 0 Å². The first-order valence-electron chi connectivity index (χ1n) is 5.52. The average Bonchev–Trinajstić information content (AvgIpc) is 2.89. The summed E-state index contributed by atoms with van der Waals surface area (Å²) in [7, 11) is 0. The summed E-state index contributed by atoms with van der Waals surface area (Å²) in [6.45, 7) is 2.04. The summed E-state index contributed by atoms with van der Waals surface area (Å²) >= 11 is 1.43. The number of allylic oxidation sites excluding steroid dienone is 1. The number of anilines is 1. The highest BCUT2D eigenvalue weighted by Gasteiger charge is 2.03. The topological polar surface area (TPSA) is 72.5 Å². The molecule has 0 spiro atoms. The zero-order valence-electron chi connectivity index (χ0n) is 10.2. The molecule has 2 rings (SSSR count). The normalized spacial score (nSPS) is 9.21. The lowest BCUT2D eigenvalue weighted by Crippen LogP contribution is -1.89. The molecule has 0 aliphatic carbocycles. The van der Waals surface area contributed by atoms with Crippen molar-refractivity contribution in [2.24, 2.45) is 0 Å². The first kappa shape index (κ1) is 12.8. The van der Waals surface area contributed by atoms with Gasteiger partial charge >= 0.3 is 0 Å². The van der Waals surface area contributed by atoms with Gasteiger partial charge in [0, 0.05) is 17.1 Å². The molecule has 1 N–H and O–H groups in total. The first-order chi connectivity index (χ1) is 9.22. The summed E-state index contributed by atoms with van der Waals surface area (Å²) in [4.78, 5) is 4.39. The van der Waals surface area contributed by atoms with Gasteiger partial charge in [0.2, 0.25) is 0 Å². The van der Waals surface area contributed by atoms with Crippen LogP contribution in [0.15, 0.2) is 41.4 Å². The Bertz CT molecular complexity index is 667. The fourth-order valence-corrected chi connectivity index (χ4v) is 2.11. The van der Waals surface area contributed by atoms with E-state index >= 15 is 0 Å². The Morgan fingerprint density at radius 1 is 1.26 bits per heavy atom. The van der Waals surface area contributed by atoms with E-state index in [0.717, 1.165) is 11.3 Å². The summed E-state index contributed by atoms with van der Waals surface area (Å²) in [5.74, 6) is 0. The predicted molar refractivity (Wildman–Crippen MR) is 75.2 cm³/mol. The molecule has 0 saturated carbocycles. The van der Waals surface area contributed by atoms with Gasteiger partial charge in [0.05, 0.1) is 5.69 Å². The van der Waals surface area contributed by atoms with E-state index in [-0.39, 0.29) is 5.57 Å². The van der Waals surface area contributed by atoms with Crippen molar-refractivity contribution in [3.8, 4) is 23.4 Å². The van der Waals surface area contributed by atoms with Gasteiger partial charge in [0.15, 0.2) is 5.13 Å². The molecule has 1 heterocycles. The maximum absolute atomic E-state index is 8.62. The van der Waals surface area contributed by atoms with Crippen molar-refractivity contribution >= 4 is 16.5 Å². The highest BCUT2D eigenvalue weighted by molar-refractivity contribution is 7.14. The average molecular weight is 266 g/mol. The second-order valence-electron chi connectivity index (χ2n) is 3.83. The van der Waals surface area contributed by atoms with Gasteiger partial charge in [0.1, 0.15) is 17.7 Å². The number of nitrogens with zero attached hydrogens (tertiary/aromatic N) is 3. The number of nitrogens with one attached hydrogen (secondary N) is 1. The summed E-state index contributed by atoms with van der Waals surface area (Å²) in [5, 5.41) is 22.7. The minimum atomic E-state index is 0.0204. The highest BCUT2D eigenvalue weighted by Crippen LogP contribution is 2.25. The zero-order chi connectivity index (χ0) is 13.7. The number of thiazole rings is 1. The number of rotatable bonds is 3. The summed E-state index contributed by atoms with van der Waals surface area (Å²) in [6, 6.07) is 11.7. The van der Waals surface area contributed by atoms with E-state index < -0.39 is 0 Å². The lowest BCUT2D eigenvalue weighted by Gasteiger charge is -1.97. The molecule has 0 fully saturated rings. The van der Waals surface area contributed by atoms with Gasteiger partial charge < -0.3 is 5.32 Å². The third-order valence-electron chi connectivity index (χ3n) is 2.43. The molecular formula is C14H10N4S. The van der Waals surface area contributed by atoms with Gasteiger partial charge in [-0.3, -0.25) is 0 Å². The van der Waals surface area contributed by atoms with E-state index in [1.807, 2.05) is 36.6 Å². The molecule has 4 nitrogen and oxygen atoms in total. The van der Waals surface area contributed by atoms with E-state index in [1.165, 1.54) is 23.1 Å². The maximum Gasteiger partial charge on any atom is 0.187 e. The molecule has 0 aliphatic rings. The fraction of sp³-hybridized carbons (Fsp3) is 0.0714. The van der Waals surface area contributed by atoms with Gasteiger partial charge in [-0.05, 0) is 6.92 Å². The van der Waals surface area contributed by atoms with Crippen LogP contribution in [0.25, 0.3) is 11.3 Å². The number of aromatic nitrogens is 1. The smallest absolute Gasteiger partial charge is 0.187 e. The van der Waals surface area contributed by atoms with Gasteiger partial charge in [-0.25, -0.2) is 4.98 Å². The lowest BCUT2D eigenvalue weighted by molar-refractivity contribution is 1.37. The Morgan fingerprint density at radius 3 is 2.58 bits per heavy atom. The molecule has 19 heavy (non-hydrogen) atoms. The van der Waals surface area contributed by atoms with Gasteiger partial charge in [-0.1, -0.05) is 29.8 Å². The molecule has 0 atom stereocenters. The molecule has 0 unspecified atom stereocenters. The summed E-state index contributed by atoms with van der Waals surface area (Å²) < 4.78 is 0. The van der Waals surface area contributed by atoms with Crippen LogP contribution in [0.4, 0.5) is 5.13 Å². The Kier molecular flexibility index (Phi) is 3.92. The Balaban J connectivity index is 2.16. The third kappa shape index (κ3) is 3.19. The predicted octanol–water partition coefficient (Wildman–Crippen LogP) is 3.46. The van der Waals surface area contributed by atoms with Crippen LogP contribution < -0.4 is 5.32 Å². The van der Waals surface area contributed by atoms with Crippen LogP contribution in [0.1, 0.15) is 5.56 Å². The van der Waals surface area contributed by atoms with Gasteiger partial charge in [-0.2, -0.15) is 10.5 Å². The van der Waals surface area contributed by atoms with E-state index in [4.69, 9.17) is 10.5 Å². The standard InChI is InChI=1S/C14H10N4S/c1-10-2-4-12(5-3-10)13-9-19-14(18-13)17-8-11(6-15)7-16/h2-5,8-9H,1H3,(H,17,18). The molecule has 92 valence electrons. The summed E-state index contributed by atoms with van der Waals surface area (Å²) in [6.07, 6.45) is 1.36. The lowest BCUT2D eigenvalue weighted by atomic mass is 10.1. The van der Waals surface area contributed by atoms with Crippen molar-refractivity contribution in [2.45, 2.75) is 6.92 Å². The van der Waals surface area contributed by atoms with Crippen LogP contribution in [-0.2, 0) is 0 Å². The Hall–Kier alpha value is -2.63. The highest BCUT2D eigenvalue weighted by atomic mass is 32.1. The zero-order valence-corrected chi connectivity index (χ0v) is 11.0. The number of hydrogen-bond acceptors (Lipinski definition) is 5. The minimum absolute atomic E-state index is 0.0204. The van der Waals surface area contributed by atoms with Crippen LogP contribution in [0.5, 0.6) is 0 Å². The molecule has 0 amide bonds. The summed E-state index contributed by atoms with van der Waals surface area (Å²) in [5.41, 5.74) is 3.14. The second-order valence-corrected chi connectivity index (χ2v) is 4.69. The molecule has 5 heteroatoms. The molecule has 0 aliphatic heterocycles. The van der Waals surface area contributed by atoms with Crippen molar-refractivity contribution in [3.63, 3.8) is 0 Å². The van der Waals surface area contributed by atoms with E-state index in [9.17, 15) is 0 Å². The van der Waals surface area contributed by atoms with Gasteiger partial charge in [-0.15, -0.1) is 11.3 Å². The molecule has 0 radical (unpaired) electrons. The van der Waals surface area contributed by atoms with Crippen molar-refractivity contribution in [3.05, 3.63) is 47.0 Å². The van der Waals surface area contributed by atoms with E-state index in [2.05, 4.69) is 10.3 Å². The van der Waals surface area contributed by atoms with Crippen molar-refractivity contribution in [2.75, 3.05) is 5.32 Å². The molecule has 0 bridgehead atoms. The van der Waals surface area contributed by atoms with Gasteiger partial charge in [0.25, 0.3) is 0 Å². The Morgan fingerprint density at radius 2 is 1.95 bits per heavy atom. The number of benzene rings is 1. The van der Waals surface area contributed by atoms with Crippen LogP contribution in [-0.4, -0.2) is 4.98 Å². The van der Waals surface area contributed by atoms with E-state index in [1.54, 1.807) is 12.1 Å². The van der Waals surface area contributed by atoms with Crippen LogP contribution >= 0.6 is 11.3 Å². The van der Waals surface area contributed by atoms with Crippen LogP contribution in [0, 0.1) is 29.6 Å². The third-order valence-corrected chi connectivity index (χ3v) is 3.21. The monoisotopic (exact) mass is 266 g/mol. The van der Waals surface area contributed by atoms with Crippen molar-refractivity contribution in [1.82, 2.24) is 4.98 Å². The van der Waals surface area contributed by atoms with E-state index in [0.29, 0.717) is 5.13 Å². The van der Waals surface area contributed by atoms with Crippen molar-refractivity contribution < 1.29 is 0 Å². The second kappa shape index (κ2) is 5.81. The molecule has 0 saturated heterocycles. The quantitative estimate of drug-likeness (QED) is 0.863.